The fraction of sp³-hybridized carbons (Fsp3) is 0.588. The van der Waals surface area contributed by atoms with Crippen LogP contribution in [-0.4, -0.2) is 66.4 Å². The average Bonchev–Trinajstić information content (AvgIpc) is 3.19. The Morgan fingerprint density at radius 2 is 1.64 bits per heavy atom. The van der Waals surface area contributed by atoms with Crippen LogP contribution in [0.5, 0.6) is 5.75 Å². The summed E-state index contributed by atoms with van der Waals surface area (Å²) in [4.78, 5) is 2.23. The van der Waals surface area contributed by atoms with Crippen molar-refractivity contribution in [1.29, 1.82) is 0 Å². The van der Waals surface area contributed by atoms with Gasteiger partial charge >= 0.3 is 6.18 Å². The summed E-state index contributed by atoms with van der Waals surface area (Å²) in [5.41, 5.74) is 5.85. The average molecular weight is 640 g/mol. The number of alkyl halides is 3. The van der Waals surface area contributed by atoms with E-state index in [2.05, 4.69) is 4.90 Å². The van der Waals surface area contributed by atoms with Gasteiger partial charge < -0.3 is 10.2 Å². The molecule has 2 N–H and O–H groups in total. The van der Waals surface area contributed by atoms with Gasteiger partial charge in [-0.15, -0.1) is 0 Å². The van der Waals surface area contributed by atoms with Crippen molar-refractivity contribution in [2.75, 3.05) is 24.6 Å². The molecule has 0 unspecified atom stereocenters. The normalized spacial score (nSPS) is 19.8. The van der Waals surface area contributed by atoms with Crippen molar-refractivity contribution in [3.05, 3.63) is 65.0 Å². The number of β-amino-alcohol motifs (C(OH)–C–C–N with tert-alkyl or cyclic N) is 1. The number of rotatable bonds is 15. The number of aliphatic hydroxyl groups is 1. The Labute approximate surface area is 258 Å². The molecule has 1 aliphatic heterocycles. The minimum atomic E-state index is -4.34. The first-order valence-electron chi connectivity index (χ1n) is 15.9. The number of aryl methyl sites for hydroxylation is 1. The topological polar surface area (TPSA) is 77.8 Å². The number of allylic oxidation sites excluding steroid dienone is 2. The second-order valence-electron chi connectivity index (χ2n) is 12.4. The highest BCUT2D eigenvalue weighted by atomic mass is 32.2. The van der Waals surface area contributed by atoms with Crippen molar-refractivity contribution < 1.29 is 36.2 Å². The summed E-state index contributed by atoms with van der Waals surface area (Å²) in [6.07, 6.45) is 2.87. The predicted molar refractivity (Wildman–Crippen MR) is 167 cm³/mol. The molecule has 1 heterocycles. The van der Waals surface area contributed by atoms with E-state index in [1.165, 1.54) is 23.3 Å². The Kier molecular flexibility index (Phi) is 12.3. The first-order valence-corrected chi connectivity index (χ1v) is 17.7. The van der Waals surface area contributed by atoms with Crippen LogP contribution in [0.4, 0.5) is 17.6 Å². The van der Waals surface area contributed by atoms with Crippen LogP contribution in [0.15, 0.2) is 42.5 Å². The van der Waals surface area contributed by atoms with E-state index in [1.807, 2.05) is 24.3 Å². The lowest BCUT2D eigenvalue weighted by atomic mass is 9.89. The number of fused-ring (bicyclic) bond motifs is 1. The molecule has 4 rings (SSSR count). The number of phenolic OH excluding ortho intramolecular Hbond substituents is 1. The number of halogens is 4. The molecule has 2 aromatic carbocycles. The van der Waals surface area contributed by atoms with Gasteiger partial charge in [-0.25, -0.2) is 12.8 Å². The number of hydrogen-bond donors (Lipinski definition) is 2. The van der Waals surface area contributed by atoms with Crippen LogP contribution in [0.25, 0.3) is 11.1 Å². The lowest BCUT2D eigenvalue weighted by Gasteiger charge is -2.24. The maximum absolute atomic E-state index is 13.7. The lowest BCUT2D eigenvalue weighted by molar-refractivity contribution is -0.134. The molecule has 0 aromatic heterocycles. The zero-order chi connectivity index (χ0) is 31.7. The smallest absolute Gasteiger partial charge is 0.389 e. The van der Waals surface area contributed by atoms with Gasteiger partial charge in [-0.2, -0.15) is 13.2 Å². The van der Waals surface area contributed by atoms with Crippen molar-refractivity contribution >= 4 is 21.0 Å². The number of nitrogens with zero attached hydrogens (tertiary/aromatic N) is 1. The van der Waals surface area contributed by atoms with Crippen LogP contribution >= 0.6 is 0 Å². The molecule has 1 aliphatic carbocycles. The number of unbranched alkanes of at least 4 members (excludes halogenated alkanes) is 3. The zero-order valence-electron chi connectivity index (χ0n) is 25.3. The van der Waals surface area contributed by atoms with Gasteiger partial charge in [-0.3, -0.25) is 4.90 Å². The molecule has 1 saturated heterocycles. The molecule has 5 nitrogen and oxygen atoms in total. The zero-order valence-corrected chi connectivity index (χ0v) is 26.1. The van der Waals surface area contributed by atoms with Crippen LogP contribution in [0.2, 0.25) is 0 Å². The molecule has 0 radical (unpaired) electrons. The van der Waals surface area contributed by atoms with E-state index in [0.29, 0.717) is 25.8 Å². The Morgan fingerprint density at radius 3 is 2.39 bits per heavy atom. The molecule has 0 bridgehead atoms. The highest BCUT2D eigenvalue weighted by Gasteiger charge is 2.31. The van der Waals surface area contributed by atoms with Crippen LogP contribution in [-0.2, 0) is 16.3 Å². The molecule has 2 aliphatic rings. The second-order valence-corrected chi connectivity index (χ2v) is 14.7. The van der Waals surface area contributed by atoms with Crippen molar-refractivity contribution in [3.63, 3.8) is 0 Å². The number of hydrogen-bond acceptors (Lipinski definition) is 5. The quantitative estimate of drug-likeness (QED) is 0.154. The van der Waals surface area contributed by atoms with Crippen LogP contribution in [0.1, 0.15) is 93.7 Å². The van der Waals surface area contributed by atoms with Gasteiger partial charge in [0.05, 0.1) is 17.6 Å². The largest absolute Gasteiger partial charge is 0.508 e. The van der Waals surface area contributed by atoms with Gasteiger partial charge in [0.2, 0.25) is 0 Å². The summed E-state index contributed by atoms with van der Waals surface area (Å²) in [6, 6.07) is 12.4. The molecule has 10 heteroatoms. The molecule has 0 saturated carbocycles. The maximum atomic E-state index is 13.7. The summed E-state index contributed by atoms with van der Waals surface area (Å²) < 4.78 is 75.1. The van der Waals surface area contributed by atoms with E-state index in [4.69, 9.17) is 0 Å². The Balaban J connectivity index is 1.26. The van der Waals surface area contributed by atoms with Gasteiger partial charge in [0, 0.05) is 19.0 Å². The summed E-state index contributed by atoms with van der Waals surface area (Å²) >= 11 is 0. The molecule has 0 spiro atoms. The molecule has 244 valence electrons. The lowest BCUT2D eigenvalue weighted by Crippen LogP contribution is -2.31. The number of aromatic hydroxyl groups is 1. The van der Waals surface area contributed by atoms with Gasteiger partial charge in [0.25, 0.3) is 0 Å². The summed E-state index contributed by atoms with van der Waals surface area (Å²) in [6.45, 7) is 1.37. The van der Waals surface area contributed by atoms with E-state index in [9.17, 15) is 36.2 Å². The fourth-order valence-corrected chi connectivity index (χ4v) is 8.14. The second kappa shape index (κ2) is 15.7. The van der Waals surface area contributed by atoms with E-state index in [0.717, 1.165) is 74.6 Å². The van der Waals surface area contributed by atoms with E-state index in [1.54, 1.807) is 6.07 Å². The molecular formula is C34H45F4NO4S. The SMILES string of the molecule is O=S(=O)(CCC[C@@H]1C[C@@H](O)CN1CCCCCCC1=C(c2ccc(F)cc2)CCCc2cc(O)ccc21)CCCC(F)(F)F. The first-order chi connectivity index (χ1) is 20.9. The van der Waals surface area contributed by atoms with Crippen molar-refractivity contribution in [2.45, 2.75) is 102 Å². The molecule has 2 atom stereocenters. The van der Waals surface area contributed by atoms with E-state index >= 15 is 0 Å². The maximum Gasteiger partial charge on any atom is 0.389 e. The molecule has 1 fully saturated rings. The highest BCUT2D eigenvalue weighted by Crippen LogP contribution is 2.39. The van der Waals surface area contributed by atoms with Crippen molar-refractivity contribution in [2.24, 2.45) is 0 Å². The van der Waals surface area contributed by atoms with Crippen LogP contribution < -0.4 is 0 Å². The predicted octanol–water partition coefficient (Wildman–Crippen LogP) is 7.70. The first kappa shape index (κ1) is 34.4. The highest BCUT2D eigenvalue weighted by molar-refractivity contribution is 7.91. The van der Waals surface area contributed by atoms with Gasteiger partial charge in [-0.05, 0) is 123 Å². The number of likely N-dealkylation sites (tertiary alicyclic amines) is 1. The summed E-state index contributed by atoms with van der Waals surface area (Å²) in [5.74, 6) is -0.558. The molecule has 2 aromatic rings. The van der Waals surface area contributed by atoms with Crippen LogP contribution in [0.3, 0.4) is 0 Å². The monoisotopic (exact) mass is 639 g/mol. The summed E-state index contributed by atoms with van der Waals surface area (Å²) in [7, 11) is -3.52. The molecule has 44 heavy (non-hydrogen) atoms. The molecule has 0 amide bonds. The van der Waals surface area contributed by atoms with Gasteiger partial charge in [0.15, 0.2) is 0 Å². The number of phenols is 1. The van der Waals surface area contributed by atoms with E-state index in [-0.39, 0.29) is 23.4 Å². The van der Waals surface area contributed by atoms with Gasteiger partial charge in [0.1, 0.15) is 21.4 Å². The van der Waals surface area contributed by atoms with Crippen LogP contribution in [0, 0.1) is 5.82 Å². The Hall–Kier alpha value is -2.43. The third-order valence-corrected chi connectivity index (χ3v) is 10.7. The minimum absolute atomic E-state index is 0.0812. The molecular weight excluding hydrogens is 594 g/mol. The van der Waals surface area contributed by atoms with Crippen molar-refractivity contribution in [1.82, 2.24) is 4.90 Å². The number of benzene rings is 2. The Bertz CT molecular complexity index is 1360. The standard InChI is InChI=1S/C34H45F4NO4S/c35-27-14-12-25(13-15-27)31-11-5-8-26-22-29(40)16-17-32(26)33(31)10-3-1-2-4-19-39-24-30(41)23-28(39)9-6-20-44(42,43)21-7-18-34(36,37)38/h12-17,22,28,30,40-41H,1-11,18-21,23-24H2/t28-,30-/m1/s1. The van der Waals surface area contributed by atoms with E-state index < -0.39 is 40.7 Å². The van der Waals surface area contributed by atoms with Crippen molar-refractivity contribution in [3.8, 4) is 5.75 Å². The van der Waals surface area contributed by atoms with Gasteiger partial charge in [-0.1, -0.05) is 31.0 Å². The fourth-order valence-electron chi connectivity index (χ4n) is 6.74. The third-order valence-electron chi connectivity index (χ3n) is 8.88. The summed E-state index contributed by atoms with van der Waals surface area (Å²) in [5, 5.41) is 20.3. The minimum Gasteiger partial charge on any atom is -0.508 e. The number of aliphatic hydroxyl groups excluding tert-OH is 1. The Morgan fingerprint density at radius 1 is 0.909 bits per heavy atom. The number of sulfone groups is 1. The third kappa shape index (κ3) is 10.6.